The summed E-state index contributed by atoms with van der Waals surface area (Å²) in [5.74, 6) is -0.184. The number of esters is 1. The predicted octanol–water partition coefficient (Wildman–Crippen LogP) is 1.90. The van der Waals surface area contributed by atoms with Crippen LogP contribution in [0.15, 0.2) is 0 Å². The molecule has 1 fully saturated rings. The molecule has 13 heavy (non-hydrogen) atoms. The molecule has 0 aromatic heterocycles. The highest BCUT2D eigenvalue weighted by Crippen LogP contribution is 2.31. The van der Waals surface area contributed by atoms with E-state index in [0.29, 0.717) is 6.61 Å². The van der Waals surface area contributed by atoms with E-state index in [1.165, 1.54) is 6.92 Å². The van der Waals surface area contributed by atoms with Gasteiger partial charge >= 0.3 is 5.97 Å². The Bertz CT molecular complexity index is 191. The molecule has 0 aromatic carbocycles. The van der Waals surface area contributed by atoms with Gasteiger partial charge in [0.05, 0.1) is 12.7 Å². The normalized spacial score (nSPS) is 34.2. The van der Waals surface area contributed by atoms with Crippen molar-refractivity contribution in [3.63, 3.8) is 0 Å². The number of rotatable bonds is 2. The van der Waals surface area contributed by atoms with Crippen molar-refractivity contribution in [2.75, 3.05) is 6.61 Å². The van der Waals surface area contributed by atoms with Gasteiger partial charge in [0.2, 0.25) is 0 Å². The molecule has 0 radical (unpaired) electrons. The third kappa shape index (κ3) is 2.69. The van der Waals surface area contributed by atoms with E-state index < -0.39 is 0 Å². The lowest BCUT2D eigenvalue weighted by molar-refractivity contribution is -0.172. The topological polar surface area (TPSA) is 35.5 Å². The van der Waals surface area contributed by atoms with Crippen LogP contribution in [-0.4, -0.2) is 24.3 Å². The fourth-order valence-corrected chi connectivity index (χ4v) is 1.92. The first kappa shape index (κ1) is 10.5. The molecule has 3 heteroatoms. The molecular weight excluding hydrogens is 168 g/mol. The van der Waals surface area contributed by atoms with Crippen LogP contribution in [0.3, 0.4) is 0 Å². The first-order valence-electron chi connectivity index (χ1n) is 4.89. The average Bonchev–Trinajstić information content (AvgIpc) is 2.03. The van der Waals surface area contributed by atoms with Crippen molar-refractivity contribution in [1.82, 2.24) is 0 Å². The molecular formula is C10H18O3. The second-order valence-electron chi connectivity index (χ2n) is 3.77. The molecule has 0 aliphatic carbocycles. The number of carbonyl (C=O) groups is 1. The summed E-state index contributed by atoms with van der Waals surface area (Å²) < 4.78 is 10.8. The largest absolute Gasteiger partial charge is 0.459 e. The number of carbonyl (C=O) groups excluding carboxylic acids is 1. The molecule has 1 aliphatic heterocycles. The van der Waals surface area contributed by atoms with Gasteiger partial charge in [-0.25, -0.2) is 0 Å². The number of ether oxygens (including phenoxy) is 2. The zero-order valence-corrected chi connectivity index (χ0v) is 8.63. The molecule has 2 atom stereocenters. The Labute approximate surface area is 79.4 Å². The fourth-order valence-electron chi connectivity index (χ4n) is 1.92. The van der Waals surface area contributed by atoms with Crippen molar-refractivity contribution in [3.8, 4) is 0 Å². The van der Waals surface area contributed by atoms with Crippen LogP contribution in [0.5, 0.6) is 0 Å². The Hall–Kier alpha value is -0.570. The van der Waals surface area contributed by atoms with Crippen molar-refractivity contribution < 1.29 is 14.3 Å². The molecule has 0 bridgehead atoms. The van der Waals surface area contributed by atoms with E-state index in [-0.39, 0.29) is 17.7 Å². The maximum atomic E-state index is 10.9. The summed E-state index contributed by atoms with van der Waals surface area (Å²) in [6.07, 6.45) is 2.73. The average molecular weight is 186 g/mol. The van der Waals surface area contributed by atoms with Gasteiger partial charge in [-0.15, -0.1) is 0 Å². The van der Waals surface area contributed by atoms with Crippen LogP contribution in [-0.2, 0) is 14.3 Å². The molecule has 0 saturated carbocycles. The lowest BCUT2D eigenvalue weighted by Crippen LogP contribution is -2.42. The Balaban J connectivity index is 2.61. The number of hydrogen-bond donors (Lipinski definition) is 0. The van der Waals surface area contributed by atoms with Gasteiger partial charge in [-0.1, -0.05) is 6.92 Å². The highest BCUT2D eigenvalue weighted by Gasteiger charge is 2.36. The molecule has 0 unspecified atom stereocenters. The van der Waals surface area contributed by atoms with Crippen LogP contribution < -0.4 is 0 Å². The maximum Gasteiger partial charge on any atom is 0.303 e. The minimum absolute atomic E-state index is 0.184. The predicted molar refractivity (Wildman–Crippen MR) is 49.4 cm³/mol. The van der Waals surface area contributed by atoms with E-state index in [9.17, 15) is 4.79 Å². The molecule has 1 saturated heterocycles. The van der Waals surface area contributed by atoms with Crippen molar-refractivity contribution in [2.24, 2.45) is 0 Å². The third-order valence-electron chi connectivity index (χ3n) is 2.62. The van der Waals surface area contributed by atoms with E-state index in [1.54, 1.807) is 0 Å². The van der Waals surface area contributed by atoms with Gasteiger partial charge in [-0.3, -0.25) is 4.79 Å². The van der Waals surface area contributed by atoms with E-state index >= 15 is 0 Å². The zero-order valence-electron chi connectivity index (χ0n) is 8.63. The molecule has 1 rings (SSSR count). The minimum atomic E-state index is -0.260. The Morgan fingerprint density at radius 1 is 1.69 bits per heavy atom. The van der Waals surface area contributed by atoms with Gasteiger partial charge in [0, 0.05) is 19.8 Å². The Kier molecular flexibility index (Phi) is 3.31. The molecule has 1 heterocycles. The van der Waals surface area contributed by atoms with Crippen LogP contribution in [0.25, 0.3) is 0 Å². The lowest BCUT2D eigenvalue weighted by Gasteiger charge is -2.38. The summed E-state index contributed by atoms with van der Waals surface area (Å²) in [4.78, 5) is 10.9. The van der Waals surface area contributed by atoms with Crippen LogP contribution in [0, 0.1) is 0 Å². The molecule has 1 aliphatic rings. The molecule has 0 aromatic rings. The highest BCUT2D eigenvalue weighted by atomic mass is 16.6. The van der Waals surface area contributed by atoms with Crippen LogP contribution >= 0.6 is 0 Å². The maximum absolute atomic E-state index is 10.9. The minimum Gasteiger partial charge on any atom is -0.459 e. The second kappa shape index (κ2) is 4.09. The van der Waals surface area contributed by atoms with Crippen LogP contribution in [0.1, 0.15) is 40.0 Å². The number of hydrogen-bond acceptors (Lipinski definition) is 3. The molecule has 0 amide bonds. The van der Waals surface area contributed by atoms with Crippen molar-refractivity contribution in [2.45, 2.75) is 51.7 Å². The summed E-state index contributed by atoms with van der Waals surface area (Å²) >= 11 is 0. The molecule has 0 N–H and O–H groups in total. The zero-order chi connectivity index (χ0) is 9.90. The summed E-state index contributed by atoms with van der Waals surface area (Å²) in [5.41, 5.74) is -0.260. The van der Waals surface area contributed by atoms with Gasteiger partial charge in [0.1, 0.15) is 5.60 Å². The van der Waals surface area contributed by atoms with Crippen molar-refractivity contribution >= 4 is 5.97 Å². The summed E-state index contributed by atoms with van der Waals surface area (Å²) in [5, 5.41) is 0. The standard InChI is InChI=1S/C10H18O3/c1-4-10(13-9(3)11)5-6-12-8(2)7-10/h8H,4-7H2,1-3H3/t8-,10+/m0/s1. The SMILES string of the molecule is CC[C@@]1(OC(C)=O)CCO[C@@H](C)C1. The fraction of sp³-hybridized carbons (Fsp3) is 0.900. The van der Waals surface area contributed by atoms with E-state index in [1.807, 2.05) is 6.92 Å². The quantitative estimate of drug-likeness (QED) is 0.618. The second-order valence-corrected chi connectivity index (χ2v) is 3.77. The highest BCUT2D eigenvalue weighted by molar-refractivity contribution is 5.66. The molecule has 0 spiro atoms. The summed E-state index contributed by atoms with van der Waals surface area (Å²) in [6, 6.07) is 0. The van der Waals surface area contributed by atoms with Crippen LogP contribution in [0.2, 0.25) is 0 Å². The first-order chi connectivity index (χ1) is 6.08. The monoisotopic (exact) mass is 186 g/mol. The van der Waals surface area contributed by atoms with Crippen molar-refractivity contribution in [1.29, 1.82) is 0 Å². The molecule has 76 valence electrons. The Morgan fingerprint density at radius 3 is 2.85 bits per heavy atom. The van der Waals surface area contributed by atoms with Gasteiger partial charge < -0.3 is 9.47 Å². The van der Waals surface area contributed by atoms with Gasteiger partial charge in [-0.2, -0.15) is 0 Å². The van der Waals surface area contributed by atoms with Crippen molar-refractivity contribution in [3.05, 3.63) is 0 Å². The summed E-state index contributed by atoms with van der Waals surface area (Å²) in [6.45, 7) is 6.24. The van der Waals surface area contributed by atoms with Gasteiger partial charge in [0.15, 0.2) is 0 Å². The third-order valence-corrected chi connectivity index (χ3v) is 2.62. The van der Waals surface area contributed by atoms with Gasteiger partial charge in [-0.05, 0) is 13.3 Å². The van der Waals surface area contributed by atoms with Gasteiger partial charge in [0.25, 0.3) is 0 Å². The van der Waals surface area contributed by atoms with E-state index in [0.717, 1.165) is 19.3 Å². The van der Waals surface area contributed by atoms with E-state index in [2.05, 4.69) is 6.92 Å². The summed E-state index contributed by atoms with van der Waals surface area (Å²) in [7, 11) is 0. The lowest BCUT2D eigenvalue weighted by atomic mass is 9.88. The smallest absolute Gasteiger partial charge is 0.303 e. The Morgan fingerprint density at radius 2 is 2.38 bits per heavy atom. The first-order valence-corrected chi connectivity index (χ1v) is 4.89. The van der Waals surface area contributed by atoms with E-state index in [4.69, 9.17) is 9.47 Å². The van der Waals surface area contributed by atoms with Crippen LogP contribution in [0.4, 0.5) is 0 Å². The molecule has 3 nitrogen and oxygen atoms in total.